The third-order valence-corrected chi connectivity index (χ3v) is 2.91. The first kappa shape index (κ1) is 16.3. The average Bonchev–Trinajstić information content (AvgIpc) is 3.00. The molecule has 0 radical (unpaired) electrons. The number of methoxy groups -OCH3 is 2. The molecule has 1 aromatic heterocycles. The minimum atomic E-state index is -0.652. The quantitative estimate of drug-likeness (QED) is 0.815. The molecule has 0 aliphatic rings. The van der Waals surface area contributed by atoms with Crippen LogP contribution in [0.2, 0.25) is 0 Å². The fraction of sp³-hybridized carbons (Fsp3) is 0.286. The number of amides is 2. The molecule has 0 saturated heterocycles. The van der Waals surface area contributed by atoms with Gasteiger partial charge in [0.15, 0.2) is 5.82 Å². The Bertz CT molecular complexity index is 668. The lowest BCUT2D eigenvalue weighted by molar-refractivity contribution is -0.122. The van der Waals surface area contributed by atoms with Gasteiger partial charge in [-0.2, -0.15) is 0 Å². The van der Waals surface area contributed by atoms with Crippen LogP contribution < -0.4 is 15.4 Å². The third kappa shape index (κ3) is 4.99. The zero-order valence-corrected chi connectivity index (χ0v) is 12.8. The van der Waals surface area contributed by atoms with Crippen LogP contribution in [0.4, 0.5) is 10.6 Å². The highest BCUT2D eigenvalue weighted by Gasteiger charge is 2.08. The molecular weight excluding hydrogens is 302 g/mol. The zero-order valence-electron chi connectivity index (χ0n) is 12.8. The molecule has 2 rings (SSSR count). The largest absolute Gasteiger partial charge is 0.497 e. The van der Waals surface area contributed by atoms with Crippen molar-refractivity contribution in [3.8, 4) is 5.75 Å². The second-order valence-electron chi connectivity index (χ2n) is 4.54. The Kier molecular flexibility index (Phi) is 5.50. The SMILES string of the molecule is COC(=O)Nc1cn(CC(=O)NCc2ccc(OC)cc2)nn1. The van der Waals surface area contributed by atoms with E-state index in [1.54, 1.807) is 7.11 Å². The predicted octanol–water partition coefficient (Wildman–Crippen LogP) is 0.781. The van der Waals surface area contributed by atoms with Gasteiger partial charge in [0, 0.05) is 6.54 Å². The Balaban J connectivity index is 1.81. The number of nitrogens with zero attached hydrogens (tertiary/aromatic N) is 3. The van der Waals surface area contributed by atoms with Crippen LogP contribution in [0, 0.1) is 0 Å². The summed E-state index contributed by atoms with van der Waals surface area (Å²) in [7, 11) is 2.84. The fourth-order valence-electron chi connectivity index (χ4n) is 1.74. The maximum atomic E-state index is 11.9. The maximum Gasteiger partial charge on any atom is 0.412 e. The number of aromatic nitrogens is 3. The van der Waals surface area contributed by atoms with Gasteiger partial charge >= 0.3 is 6.09 Å². The number of benzene rings is 1. The van der Waals surface area contributed by atoms with Crippen LogP contribution in [-0.4, -0.2) is 41.2 Å². The van der Waals surface area contributed by atoms with Crippen LogP contribution in [0.1, 0.15) is 5.56 Å². The molecule has 9 heteroatoms. The molecule has 23 heavy (non-hydrogen) atoms. The Labute approximate surface area is 132 Å². The lowest BCUT2D eigenvalue weighted by atomic mass is 10.2. The van der Waals surface area contributed by atoms with Crippen molar-refractivity contribution >= 4 is 17.8 Å². The van der Waals surface area contributed by atoms with E-state index in [0.717, 1.165) is 11.3 Å². The van der Waals surface area contributed by atoms with Gasteiger partial charge in [-0.1, -0.05) is 17.3 Å². The molecule has 0 fully saturated rings. The molecule has 1 aromatic carbocycles. The van der Waals surface area contributed by atoms with Crippen molar-refractivity contribution in [2.75, 3.05) is 19.5 Å². The first-order chi connectivity index (χ1) is 11.1. The van der Waals surface area contributed by atoms with Crippen LogP contribution >= 0.6 is 0 Å². The Morgan fingerprint density at radius 1 is 1.22 bits per heavy atom. The van der Waals surface area contributed by atoms with E-state index in [1.807, 2.05) is 24.3 Å². The number of carbonyl (C=O) groups excluding carboxylic acids is 2. The summed E-state index contributed by atoms with van der Waals surface area (Å²) < 4.78 is 10.8. The first-order valence-corrected chi connectivity index (χ1v) is 6.75. The van der Waals surface area contributed by atoms with Gasteiger partial charge in [-0.3, -0.25) is 10.1 Å². The molecule has 0 aliphatic heterocycles. The van der Waals surface area contributed by atoms with Gasteiger partial charge in [0.05, 0.1) is 20.4 Å². The molecule has 0 bridgehead atoms. The average molecular weight is 319 g/mol. The second kappa shape index (κ2) is 7.78. The van der Waals surface area contributed by atoms with Gasteiger partial charge in [0.2, 0.25) is 5.91 Å². The minimum Gasteiger partial charge on any atom is -0.497 e. The minimum absolute atomic E-state index is 0.00793. The van der Waals surface area contributed by atoms with Gasteiger partial charge in [-0.05, 0) is 17.7 Å². The lowest BCUT2D eigenvalue weighted by Crippen LogP contribution is -2.27. The van der Waals surface area contributed by atoms with Crippen molar-refractivity contribution in [2.45, 2.75) is 13.1 Å². The molecule has 2 amide bonds. The van der Waals surface area contributed by atoms with Gasteiger partial charge in [-0.25, -0.2) is 9.48 Å². The number of anilines is 1. The van der Waals surface area contributed by atoms with Crippen molar-refractivity contribution < 1.29 is 19.1 Å². The Morgan fingerprint density at radius 2 is 1.96 bits per heavy atom. The second-order valence-corrected chi connectivity index (χ2v) is 4.54. The van der Waals surface area contributed by atoms with Crippen molar-refractivity contribution in [1.29, 1.82) is 0 Å². The smallest absolute Gasteiger partial charge is 0.412 e. The van der Waals surface area contributed by atoms with Gasteiger partial charge in [0.1, 0.15) is 12.3 Å². The van der Waals surface area contributed by atoms with E-state index in [0.29, 0.717) is 6.54 Å². The summed E-state index contributed by atoms with van der Waals surface area (Å²) in [5, 5.41) is 12.6. The van der Waals surface area contributed by atoms with E-state index in [-0.39, 0.29) is 18.3 Å². The molecule has 2 aromatic rings. The van der Waals surface area contributed by atoms with Crippen LogP contribution in [0.5, 0.6) is 5.75 Å². The Hall–Kier alpha value is -3.10. The van der Waals surface area contributed by atoms with Crippen LogP contribution in [0.25, 0.3) is 0 Å². The van der Waals surface area contributed by atoms with E-state index in [4.69, 9.17) is 4.74 Å². The van der Waals surface area contributed by atoms with Crippen molar-refractivity contribution in [3.05, 3.63) is 36.0 Å². The predicted molar refractivity (Wildman–Crippen MR) is 80.9 cm³/mol. The monoisotopic (exact) mass is 319 g/mol. The molecular formula is C14H17N5O4. The number of nitrogens with one attached hydrogen (secondary N) is 2. The van der Waals surface area contributed by atoms with E-state index in [1.165, 1.54) is 18.0 Å². The molecule has 0 atom stereocenters. The summed E-state index contributed by atoms with van der Waals surface area (Å²) in [5.41, 5.74) is 0.950. The highest BCUT2D eigenvalue weighted by atomic mass is 16.5. The number of hydrogen-bond acceptors (Lipinski definition) is 6. The van der Waals surface area contributed by atoms with E-state index >= 15 is 0 Å². The third-order valence-electron chi connectivity index (χ3n) is 2.91. The van der Waals surface area contributed by atoms with Crippen LogP contribution in [0.3, 0.4) is 0 Å². The first-order valence-electron chi connectivity index (χ1n) is 6.75. The van der Waals surface area contributed by atoms with E-state index in [2.05, 4.69) is 25.7 Å². The van der Waals surface area contributed by atoms with E-state index in [9.17, 15) is 9.59 Å². The van der Waals surface area contributed by atoms with Crippen LogP contribution in [-0.2, 0) is 22.6 Å². The number of carbonyl (C=O) groups is 2. The number of rotatable bonds is 6. The normalized spacial score (nSPS) is 10.0. The molecule has 2 N–H and O–H groups in total. The number of hydrogen-bond donors (Lipinski definition) is 2. The number of ether oxygens (including phenoxy) is 2. The van der Waals surface area contributed by atoms with Crippen molar-refractivity contribution in [2.24, 2.45) is 0 Å². The standard InChI is InChI=1S/C14H17N5O4/c1-22-11-5-3-10(4-6-11)7-15-13(20)9-19-8-12(17-18-19)16-14(21)23-2/h3-6,8H,7,9H2,1-2H3,(H,15,20)(H,16,21). The van der Waals surface area contributed by atoms with Gasteiger partial charge in [0.25, 0.3) is 0 Å². The zero-order chi connectivity index (χ0) is 16.7. The van der Waals surface area contributed by atoms with Crippen molar-refractivity contribution in [1.82, 2.24) is 20.3 Å². The van der Waals surface area contributed by atoms with E-state index < -0.39 is 6.09 Å². The molecule has 1 heterocycles. The maximum absolute atomic E-state index is 11.9. The fourth-order valence-corrected chi connectivity index (χ4v) is 1.74. The van der Waals surface area contributed by atoms with Crippen LogP contribution in [0.15, 0.2) is 30.5 Å². The molecule has 9 nitrogen and oxygen atoms in total. The summed E-state index contributed by atoms with van der Waals surface area (Å²) in [6, 6.07) is 7.38. The highest BCUT2D eigenvalue weighted by molar-refractivity contribution is 5.82. The molecule has 0 spiro atoms. The molecule has 0 aliphatic carbocycles. The summed E-state index contributed by atoms with van der Waals surface area (Å²) in [6.07, 6.45) is 0.783. The molecule has 0 saturated carbocycles. The molecule has 0 unspecified atom stereocenters. The topological polar surface area (TPSA) is 107 Å². The van der Waals surface area contributed by atoms with Gasteiger partial charge in [-0.15, -0.1) is 5.10 Å². The molecule has 122 valence electrons. The lowest BCUT2D eigenvalue weighted by Gasteiger charge is -2.06. The van der Waals surface area contributed by atoms with Crippen molar-refractivity contribution in [3.63, 3.8) is 0 Å². The highest BCUT2D eigenvalue weighted by Crippen LogP contribution is 2.10. The summed E-state index contributed by atoms with van der Waals surface area (Å²) in [6.45, 7) is 0.386. The summed E-state index contributed by atoms with van der Waals surface area (Å²) >= 11 is 0. The van der Waals surface area contributed by atoms with Gasteiger partial charge < -0.3 is 14.8 Å². The Morgan fingerprint density at radius 3 is 2.61 bits per heavy atom. The summed E-state index contributed by atoms with van der Waals surface area (Å²) in [4.78, 5) is 22.9. The summed E-state index contributed by atoms with van der Waals surface area (Å²) in [5.74, 6) is 0.739.